The highest BCUT2D eigenvalue weighted by molar-refractivity contribution is 5.95. The lowest BCUT2D eigenvalue weighted by atomic mass is 9.99. The fourth-order valence-corrected chi connectivity index (χ4v) is 2.85. The molecule has 1 unspecified atom stereocenters. The standard InChI is InChI=1S/C17H24N2O5/c1-11-5-4-6-19(9-11)17(21)12-7-13(22-2)16(14(8-12)23-3)24-10-15(18)20/h7-8,11H,4-6,9-10H2,1-3H3,(H2,18,20). The van der Waals surface area contributed by atoms with E-state index in [9.17, 15) is 9.59 Å². The van der Waals surface area contributed by atoms with Crippen molar-refractivity contribution in [3.05, 3.63) is 17.7 Å². The molecule has 1 heterocycles. The largest absolute Gasteiger partial charge is 0.493 e. The summed E-state index contributed by atoms with van der Waals surface area (Å²) >= 11 is 0. The van der Waals surface area contributed by atoms with Crippen LogP contribution in [0.5, 0.6) is 17.2 Å². The third kappa shape index (κ3) is 4.10. The lowest BCUT2D eigenvalue weighted by Gasteiger charge is -2.31. The number of likely N-dealkylation sites (tertiary alicyclic amines) is 1. The molecule has 7 nitrogen and oxygen atoms in total. The average Bonchev–Trinajstić information content (AvgIpc) is 2.58. The van der Waals surface area contributed by atoms with Crippen molar-refractivity contribution in [2.45, 2.75) is 19.8 Å². The van der Waals surface area contributed by atoms with E-state index in [0.717, 1.165) is 25.9 Å². The molecule has 0 spiro atoms. The topological polar surface area (TPSA) is 91.1 Å². The average molecular weight is 336 g/mol. The van der Waals surface area contributed by atoms with Crippen LogP contribution in [0.3, 0.4) is 0 Å². The van der Waals surface area contributed by atoms with Gasteiger partial charge >= 0.3 is 0 Å². The summed E-state index contributed by atoms with van der Waals surface area (Å²) in [5, 5.41) is 0. The Bertz CT molecular complexity index is 592. The number of rotatable bonds is 6. The summed E-state index contributed by atoms with van der Waals surface area (Å²) < 4.78 is 15.9. The molecule has 24 heavy (non-hydrogen) atoms. The van der Waals surface area contributed by atoms with Gasteiger partial charge in [0, 0.05) is 18.7 Å². The molecule has 2 rings (SSSR count). The number of nitrogens with two attached hydrogens (primary N) is 1. The highest BCUT2D eigenvalue weighted by atomic mass is 16.5. The number of nitrogens with zero attached hydrogens (tertiary/aromatic N) is 1. The number of carbonyl (C=O) groups is 2. The molecule has 132 valence electrons. The van der Waals surface area contributed by atoms with Gasteiger partial charge < -0.3 is 24.8 Å². The number of amides is 2. The second kappa shape index (κ2) is 7.90. The molecule has 1 atom stereocenters. The van der Waals surface area contributed by atoms with Gasteiger partial charge in [0.05, 0.1) is 14.2 Å². The molecule has 0 aliphatic carbocycles. The van der Waals surface area contributed by atoms with Crippen LogP contribution in [0, 0.1) is 5.92 Å². The molecular formula is C17H24N2O5. The number of primary amides is 1. The summed E-state index contributed by atoms with van der Waals surface area (Å²) in [6, 6.07) is 3.20. The van der Waals surface area contributed by atoms with Gasteiger partial charge in [-0.2, -0.15) is 0 Å². The zero-order valence-corrected chi connectivity index (χ0v) is 14.3. The molecule has 0 saturated carbocycles. The van der Waals surface area contributed by atoms with E-state index in [-0.39, 0.29) is 18.3 Å². The Kier molecular flexibility index (Phi) is 5.89. The van der Waals surface area contributed by atoms with Gasteiger partial charge in [0.15, 0.2) is 18.1 Å². The zero-order valence-electron chi connectivity index (χ0n) is 14.3. The molecule has 1 aliphatic rings. The summed E-state index contributed by atoms with van der Waals surface area (Å²) in [5.74, 6) is 0.709. The second-order valence-corrected chi connectivity index (χ2v) is 5.96. The Labute approximate surface area is 141 Å². The van der Waals surface area contributed by atoms with Crippen molar-refractivity contribution in [2.75, 3.05) is 33.9 Å². The van der Waals surface area contributed by atoms with E-state index in [0.29, 0.717) is 23.0 Å². The molecule has 0 radical (unpaired) electrons. The highest BCUT2D eigenvalue weighted by Gasteiger charge is 2.25. The third-order valence-electron chi connectivity index (χ3n) is 4.01. The maximum atomic E-state index is 12.8. The third-order valence-corrected chi connectivity index (χ3v) is 4.01. The fraction of sp³-hybridized carbons (Fsp3) is 0.529. The Hall–Kier alpha value is -2.44. The van der Waals surface area contributed by atoms with Gasteiger partial charge in [-0.1, -0.05) is 6.92 Å². The molecular weight excluding hydrogens is 312 g/mol. The van der Waals surface area contributed by atoms with Gasteiger partial charge in [-0.15, -0.1) is 0 Å². The van der Waals surface area contributed by atoms with E-state index in [1.54, 1.807) is 12.1 Å². The Morgan fingerprint density at radius 2 is 1.88 bits per heavy atom. The molecule has 2 amide bonds. The van der Waals surface area contributed by atoms with Crippen LogP contribution >= 0.6 is 0 Å². The molecule has 1 fully saturated rings. The highest BCUT2D eigenvalue weighted by Crippen LogP contribution is 2.39. The first-order valence-electron chi connectivity index (χ1n) is 7.92. The molecule has 7 heteroatoms. The van der Waals surface area contributed by atoms with E-state index in [1.165, 1.54) is 14.2 Å². The summed E-state index contributed by atoms with van der Waals surface area (Å²) in [5.41, 5.74) is 5.57. The lowest BCUT2D eigenvalue weighted by Crippen LogP contribution is -2.39. The Morgan fingerprint density at radius 1 is 1.25 bits per heavy atom. The van der Waals surface area contributed by atoms with Crippen LogP contribution in [0.4, 0.5) is 0 Å². The lowest BCUT2D eigenvalue weighted by molar-refractivity contribution is -0.120. The minimum atomic E-state index is -0.610. The predicted molar refractivity (Wildman–Crippen MR) is 88.5 cm³/mol. The first-order valence-corrected chi connectivity index (χ1v) is 7.92. The number of hydrogen-bond donors (Lipinski definition) is 1. The molecule has 1 aromatic carbocycles. The van der Waals surface area contributed by atoms with Crippen molar-refractivity contribution < 1.29 is 23.8 Å². The molecule has 1 aromatic rings. The van der Waals surface area contributed by atoms with Crippen LogP contribution in [0.25, 0.3) is 0 Å². The van der Waals surface area contributed by atoms with Gasteiger partial charge in [0.2, 0.25) is 5.75 Å². The minimum absolute atomic E-state index is 0.0698. The van der Waals surface area contributed by atoms with Crippen molar-refractivity contribution in [3.63, 3.8) is 0 Å². The summed E-state index contributed by atoms with van der Waals surface area (Å²) in [4.78, 5) is 25.5. The van der Waals surface area contributed by atoms with Crippen molar-refractivity contribution in [2.24, 2.45) is 11.7 Å². The fourth-order valence-electron chi connectivity index (χ4n) is 2.85. The minimum Gasteiger partial charge on any atom is -0.493 e. The van der Waals surface area contributed by atoms with Crippen LogP contribution in [-0.2, 0) is 4.79 Å². The number of benzene rings is 1. The molecule has 0 bridgehead atoms. The zero-order chi connectivity index (χ0) is 17.7. The van der Waals surface area contributed by atoms with E-state index in [2.05, 4.69) is 6.92 Å². The van der Waals surface area contributed by atoms with Crippen molar-refractivity contribution in [1.29, 1.82) is 0 Å². The van der Waals surface area contributed by atoms with Crippen LogP contribution in [-0.4, -0.2) is 50.6 Å². The quantitative estimate of drug-likeness (QED) is 0.849. The molecule has 1 saturated heterocycles. The van der Waals surface area contributed by atoms with Crippen LogP contribution in [0.15, 0.2) is 12.1 Å². The van der Waals surface area contributed by atoms with Crippen LogP contribution in [0.1, 0.15) is 30.1 Å². The molecule has 1 aliphatic heterocycles. The smallest absolute Gasteiger partial charge is 0.255 e. The number of piperidine rings is 1. The number of hydrogen-bond acceptors (Lipinski definition) is 5. The summed E-state index contributed by atoms with van der Waals surface area (Å²) in [6.45, 7) is 3.32. The van der Waals surface area contributed by atoms with E-state index < -0.39 is 5.91 Å². The van der Waals surface area contributed by atoms with Gasteiger partial charge in [-0.05, 0) is 30.9 Å². The van der Waals surface area contributed by atoms with E-state index in [1.807, 2.05) is 4.90 Å². The summed E-state index contributed by atoms with van der Waals surface area (Å²) in [6.07, 6.45) is 2.14. The second-order valence-electron chi connectivity index (χ2n) is 5.96. The predicted octanol–water partition coefficient (Wildman–Crippen LogP) is 1.44. The Morgan fingerprint density at radius 3 is 2.38 bits per heavy atom. The normalized spacial score (nSPS) is 17.3. The van der Waals surface area contributed by atoms with Crippen LogP contribution in [0.2, 0.25) is 0 Å². The van der Waals surface area contributed by atoms with E-state index >= 15 is 0 Å². The number of methoxy groups -OCH3 is 2. The van der Waals surface area contributed by atoms with Gasteiger partial charge in [0.25, 0.3) is 11.8 Å². The Balaban J connectivity index is 2.30. The first-order chi connectivity index (χ1) is 11.5. The maximum Gasteiger partial charge on any atom is 0.255 e. The van der Waals surface area contributed by atoms with Crippen molar-refractivity contribution in [3.8, 4) is 17.2 Å². The number of ether oxygens (including phenoxy) is 3. The maximum absolute atomic E-state index is 12.8. The van der Waals surface area contributed by atoms with Crippen LogP contribution < -0.4 is 19.9 Å². The molecule has 2 N–H and O–H groups in total. The van der Waals surface area contributed by atoms with Gasteiger partial charge in [0.1, 0.15) is 0 Å². The number of carbonyl (C=O) groups excluding carboxylic acids is 2. The van der Waals surface area contributed by atoms with Crippen molar-refractivity contribution >= 4 is 11.8 Å². The van der Waals surface area contributed by atoms with E-state index in [4.69, 9.17) is 19.9 Å². The molecule has 0 aromatic heterocycles. The van der Waals surface area contributed by atoms with Gasteiger partial charge in [-0.25, -0.2) is 0 Å². The van der Waals surface area contributed by atoms with Crippen molar-refractivity contribution in [1.82, 2.24) is 4.90 Å². The monoisotopic (exact) mass is 336 g/mol. The first kappa shape index (κ1) is 17.9. The van der Waals surface area contributed by atoms with Gasteiger partial charge in [-0.3, -0.25) is 9.59 Å². The SMILES string of the molecule is COc1cc(C(=O)N2CCCC(C)C2)cc(OC)c1OCC(N)=O. The summed E-state index contributed by atoms with van der Waals surface area (Å²) in [7, 11) is 2.92.